The van der Waals surface area contributed by atoms with E-state index in [1.54, 1.807) is 19.6 Å². The molecule has 0 spiro atoms. The number of hydrogen-bond acceptors (Lipinski definition) is 3. The molecule has 1 heterocycles. The molecule has 0 radical (unpaired) electrons. The summed E-state index contributed by atoms with van der Waals surface area (Å²) >= 11 is 0. The van der Waals surface area contributed by atoms with Crippen LogP contribution in [0.4, 0.5) is 0 Å². The molecule has 1 aliphatic rings. The van der Waals surface area contributed by atoms with Crippen LogP contribution >= 0.6 is 0 Å². The fourth-order valence-corrected chi connectivity index (χ4v) is 2.49. The van der Waals surface area contributed by atoms with E-state index in [0.29, 0.717) is 13.0 Å². The second kappa shape index (κ2) is 5.00. The summed E-state index contributed by atoms with van der Waals surface area (Å²) in [5, 5.41) is 9.02. The Morgan fingerprint density at radius 2 is 2.20 bits per heavy atom. The number of benzene rings is 1. The summed E-state index contributed by atoms with van der Waals surface area (Å²) < 4.78 is 7.16. The summed E-state index contributed by atoms with van der Waals surface area (Å²) in [5.74, 6) is -0.0329. The van der Waals surface area contributed by atoms with Gasteiger partial charge in [-0.1, -0.05) is 12.1 Å². The molecular weight excluding hydrogens is 256 g/mol. The third-order valence-corrected chi connectivity index (χ3v) is 3.74. The van der Waals surface area contributed by atoms with Crippen LogP contribution in [0.25, 0.3) is 0 Å². The Kier molecular flexibility index (Phi) is 3.18. The molecule has 1 aromatic carbocycles. The monoisotopic (exact) mass is 272 g/mol. The van der Waals surface area contributed by atoms with Gasteiger partial charge in [0.25, 0.3) is 0 Å². The molecule has 1 saturated carbocycles. The summed E-state index contributed by atoms with van der Waals surface area (Å²) in [7, 11) is 1.64. The lowest BCUT2D eigenvalue weighted by molar-refractivity contribution is -0.138. The van der Waals surface area contributed by atoms with Crippen LogP contribution in [0.2, 0.25) is 0 Å². The molecule has 2 aromatic rings. The molecular formula is C15H16N2O3. The number of hydrogen-bond donors (Lipinski definition) is 1. The summed E-state index contributed by atoms with van der Waals surface area (Å²) in [6.07, 6.45) is 4.25. The Morgan fingerprint density at radius 1 is 1.45 bits per heavy atom. The van der Waals surface area contributed by atoms with Crippen LogP contribution in [-0.2, 0) is 11.3 Å². The minimum atomic E-state index is -0.716. The number of methoxy groups -OCH3 is 1. The van der Waals surface area contributed by atoms with Crippen molar-refractivity contribution in [3.63, 3.8) is 0 Å². The van der Waals surface area contributed by atoms with E-state index in [-0.39, 0.29) is 11.8 Å². The zero-order chi connectivity index (χ0) is 14.1. The van der Waals surface area contributed by atoms with Crippen LogP contribution in [0, 0.1) is 5.92 Å². The van der Waals surface area contributed by atoms with Crippen molar-refractivity contribution in [2.45, 2.75) is 18.9 Å². The number of imidazole rings is 1. The van der Waals surface area contributed by atoms with Crippen molar-refractivity contribution in [1.29, 1.82) is 0 Å². The van der Waals surface area contributed by atoms with Gasteiger partial charge in [-0.3, -0.25) is 4.79 Å². The Morgan fingerprint density at radius 3 is 2.80 bits per heavy atom. The molecule has 0 bridgehead atoms. The Balaban J connectivity index is 1.75. The molecule has 1 aromatic heterocycles. The molecule has 3 rings (SSSR count). The van der Waals surface area contributed by atoms with E-state index < -0.39 is 5.97 Å². The molecule has 5 nitrogen and oxygen atoms in total. The smallest absolute Gasteiger partial charge is 0.307 e. The van der Waals surface area contributed by atoms with Gasteiger partial charge in [-0.05, 0) is 24.1 Å². The van der Waals surface area contributed by atoms with Crippen molar-refractivity contribution < 1.29 is 14.6 Å². The van der Waals surface area contributed by atoms with Gasteiger partial charge in [0, 0.05) is 24.4 Å². The quantitative estimate of drug-likeness (QED) is 0.905. The predicted octanol–water partition coefficient (Wildman–Crippen LogP) is 2.13. The average Bonchev–Trinajstić information content (AvgIpc) is 3.13. The van der Waals surface area contributed by atoms with Gasteiger partial charge in [0.1, 0.15) is 5.75 Å². The highest BCUT2D eigenvalue weighted by atomic mass is 16.5. The van der Waals surface area contributed by atoms with Crippen molar-refractivity contribution in [2.24, 2.45) is 5.92 Å². The van der Waals surface area contributed by atoms with Crippen LogP contribution in [0.3, 0.4) is 0 Å². The van der Waals surface area contributed by atoms with Gasteiger partial charge in [0.05, 0.1) is 19.4 Å². The zero-order valence-corrected chi connectivity index (χ0v) is 11.2. The number of nitrogens with zero attached hydrogens (tertiary/aromatic N) is 2. The number of carboxylic acid groups (broad SMARTS) is 1. The van der Waals surface area contributed by atoms with Gasteiger partial charge in [-0.25, -0.2) is 4.98 Å². The highest BCUT2D eigenvalue weighted by molar-refractivity contribution is 5.75. The molecule has 0 aliphatic heterocycles. The molecule has 0 amide bonds. The molecule has 20 heavy (non-hydrogen) atoms. The maximum atomic E-state index is 11.0. The Bertz CT molecular complexity index is 618. The van der Waals surface area contributed by atoms with Crippen LogP contribution in [0.5, 0.6) is 5.75 Å². The first-order valence-corrected chi connectivity index (χ1v) is 6.55. The lowest BCUT2D eigenvalue weighted by Gasteiger charge is -2.08. The molecule has 5 heteroatoms. The number of aromatic nitrogens is 2. The number of rotatable bonds is 5. The fraction of sp³-hybridized carbons (Fsp3) is 0.333. The standard InChI is InChI=1S/C15H16N2O3/c1-20-11-4-2-10(3-5-11)8-17-9-16-7-14(17)12-6-13(12)15(18)19/h2-5,7,9,12-13H,6,8H2,1H3,(H,18,19). The average molecular weight is 272 g/mol. The minimum Gasteiger partial charge on any atom is -0.497 e. The molecule has 1 aliphatic carbocycles. The first-order chi connectivity index (χ1) is 9.69. The lowest BCUT2D eigenvalue weighted by atomic mass is 10.2. The van der Waals surface area contributed by atoms with Crippen molar-refractivity contribution >= 4 is 5.97 Å². The van der Waals surface area contributed by atoms with E-state index >= 15 is 0 Å². The van der Waals surface area contributed by atoms with Crippen LogP contribution < -0.4 is 4.74 Å². The van der Waals surface area contributed by atoms with E-state index in [1.807, 2.05) is 28.8 Å². The summed E-state index contributed by atoms with van der Waals surface area (Å²) in [6.45, 7) is 0.697. The second-order valence-corrected chi connectivity index (χ2v) is 5.08. The molecule has 2 atom stereocenters. The fourth-order valence-electron chi connectivity index (χ4n) is 2.49. The van der Waals surface area contributed by atoms with E-state index in [2.05, 4.69) is 4.98 Å². The Labute approximate surface area is 116 Å². The molecule has 1 N–H and O–H groups in total. The van der Waals surface area contributed by atoms with Crippen molar-refractivity contribution in [2.75, 3.05) is 7.11 Å². The van der Waals surface area contributed by atoms with E-state index in [0.717, 1.165) is 17.0 Å². The number of ether oxygens (including phenoxy) is 1. The second-order valence-electron chi connectivity index (χ2n) is 5.08. The van der Waals surface area contributed by atoms with Crippen molar-refractivity contribution in [3.05, 3.63) is 48.0 Å². The van der Waals surface area contributed by atoms with Crippen LogP contribution in [0.1, 0.15) is 23.6 Å². The maximum absolute atomic E-state index is 11.0. The highest BCUT2D eigenvalue weighted by Gasteiger charge is 2.45. The number of carboxylic acids is 1. The lowest BCUT2D eigenvalue weighted by Crippen LogP contribution is -2.05. The van der Waals surface area contributed by atoms with Gasteiger partial charge >= 0.3 is 5.97 Å². The van der Waals surface area contributed by atoms with E-state index in [1.165, 1.54) is 0 Å². The van der Waals surface area contributed by atoms with Gasteiger partial charge in [0.2, 0.25) is 0 Å². The molecule has 104 valence electrons. The van der Waals surface area contributed by atoms with Crippen LogP contribution in [-0.4, -0.2) is 27.7 Å². The normalized spacial score (nSPS) is 20.6. The first-order valence-electron chi connectivity index (χ1n) is 6.55. The van der Waals surface area contributed by atoms with Crippen molar-refractivity contribution in [3.8, 4) is 5.75 Å². The third kappa shape index (κ3) is 2.39. The third-order valence-electron chi connectivity index (χ3n) is 3.74. The molecule has 1 fully saturated rings. The van der Waals surface area contributed by atoms with Gasteiger partial charge < -0.3 is 14.4 Å². The summed E-state index contributed by atoms with van der Waals surface area (Å²) in [4.78, 5) is 15.1. The summed E-state index contributed by atoms with van der Waals surface area (Å²) in [5.41, 5.74) is 2.14. The summed E-state index contributed by atoms with van der Waals surface area (Å²) in [6, 6.07) is 7.85. The van der Waals surface area contributed by atoms with E-state index in [9.17, 15) is 4.79 Å². The number of carbonyl (C=O) groups is 1. The van der Waals surface area contributed by atoms with Gasteiger partial charge in [-0.2, -0.15) is 0 Å². The number of aliphatic carboxylic acids is 1. The Hall–Kier alpha value is -2.30. The largest absolute Gasteiger partial charge is 0.497 e. The SMILES string of the molecule is COc1ccc(Cn2cncc2C2CC2C(=O)O)cc1. The van der Waals surface area contributed by atoms with Crippen molar-refractivity contribution in [1.82, 2.24) is 9.55 Å². The maximum Gasteiger partial charge on any atom is 0.307 e. The predicted molar refractivity (Wildman–Crippen MR) is 72.8 cm³/mol. The van der Waals surface area contributed by atoms with Crippen LogP contribution in [0.15, 0.2) is 36.8 Å². The highest BCUT2D eigenvalue weighted by Crippen LogP contribution is 2.47. The zero-order valence-electron chi connectivity index (χ0n) is 11.2. The minimum absolute atomic E-state index is 0.105. The molecule has 0 saturated heterocycles. The van der Waals surface area contributed by atoms with Gasteiger partial charge in [-0.15, -0.1) is 0 Å². The van der Waals surface area contributed by atoms with E-state index in [4.69, 9.17) is 9.84 Å². The first kappa shape index (κ1) is 12.7. The molecule has 2 unspecified atom stereocenters. The topological polar surface area (TPSA) is 64.4 Å². The van der Waals surface area contributed by atoms with Gasteiger partial charge in [0.15, 0.2) is 0 Å².